The van der Waals surface area contributed by atoms with Crippen molar-refractivity contribution in [2.24, 2.45) is 0 Å². The molecule has 0 saturated carbocycles. The van der Waals surface area contributed by atoms with Gasteiger partial charge in [0.2, 0.25) is 0 Å². The third-order valence-electron chi connectivity index (χ3n) is 1.55. The highest BCUT2D eigenvalue weighted by Crippen LogP contribution is 2.21. The topological polar surface area (TPSA) is 0 Å². The van der Waals surface area contributed by atoms with Crippen molar-refractivity contribution in [2.45, 2.75) is 24.7 Å². The molecule has 60 valence electrons. The lowest BCUT2D eigenvalue weighted by Crippen LogP contribution is -1.84. The number of halogens is 1. The molecule has 0 saturated heterocycles. The van der Waals surface area contributed by atoms with E-state index in [1.54, 1.807) is 0 Å². The van der Waals surface area contributed by atoms with Crippen LogP contribution in [0.5, 0.6) is 0 Å². The summed E-state index contributed by atoms with van der Waals surface area (Å²) in [6, 6.07) is 6.15. The van der Waals surface area contributed by atoms with Crippen molar-refractivity contribution >= 4 is 28.6 Å². The molecule has 0 heterocycles. The molecule has 1 aromatic rings. The molecule has 0 bridgehead atoms. The van der Waals surface area contributed by atoms with Crippen LogP contribution >= 0.6 is 28.6 Å². The standard InChI is InChI=1S/C9H11BrS/c1-2-3-7-6-8(11)4-5-9(7)10/h4-6,11H,2-3H2,1H3. The van der Waals surface area contributed by atoms with Gasteiger partial charge >= 0.3 is 0 Å². The number of hydrogen-bond acceptors (Lipinski definition) is 1. The Labute approximate surface area is 81.5 Å². The maximum absolute atomic E-state index is 4.27. The molecule has 0 aliphatic heterocycles. The van der Waals surface area contributed by atoms with Crippen LogP contribution in [0.15, 0.2) is 27.6 Å². The Morgan fingerprint density at radius 1 is 1.45 bits per heavy atom. The Morgan fingerprint density at radius 3 is 2.82 bits per heavy atom. The summed E-state index contributed by atoms with van der Waals surface area (Å²) < 4.78 is 1.19. The third-order valence-corrected chi connectivity index (χ3v) is 2.60. The lowest BCUT2D eigenvalue weighted by Gasteiger charge is -2.02. The number of rotatable bonds is 2. The Morgan fingerprint density at radius 2 is 2.18 bits per heavy atom. The second kappa shape index (κ2) is 4.17. The first-order valence-electron chi connectivity index (χ1n) is 3.71. The fourth-order valence-electron chi connectivity index (χ4n) is 1.02. The molecule has 0 N–H and O–H groups in total. The fourth-order valence-corrected chi connectivity index (χ4v) is 1.70. The summed E-state index contributed by atoms with van der Waals surface area (Å²) in [6.45, 7) is 2.18. The maximum atomic E-state index is 4.27. The van der Waals surface area contributed by atoms with E-state index in [2.05, 4.69) is 41.5 Å². The largest absolute Gasteiger partial charge is 0.143 e. The molecule has 0 aliphatic rings. The zero-order valence-corrected chi connectivity index (χ0v) is 8.95. The molecular weight excluding hydrogens is 220 g/mol. The van der Waals surface area contributed by atoms with E-state index in [0.29, 0.717) is 0 Å². The van der Waals surface area contributed by atoms with E-state index >= 15 is 0 Å². The Bertz CT molecular complexity index is 245. The quantitative estimate of drug-likeness (QED) is 0.737. The van der Waals surface area contributed by atoms with Crippen LogP contribution in [0.2, 0.25) is 0 Å². The Balaban J connectivity index is 2.93. The van der Waals surface area contributed by atoms with Crippen molar-refractivity contribution in [1.82, 2.24) is 0 Å². The smallest absolute Gasteiger partial charge is 0.0208 e. The molecule has 2 heteroatoms. The molecule has 0 spiro atoms. The molecule has 0 nitrogen and oxygen atoms in total. The minimum absolute atomic E-state index is 1.04. The van der Waals surface area contributed by atoms with Gasteiger partial charge in [-0.3, -0.25) is 0 Å². The second-order valence-electron chi connectivity index (χ2n) is 2.53. The highest BCUT2D eigenvalue weighted by atomic mass is 79.9. The average molecular weight is 231 g/mol. The van der Waals surface area contributed by atoms with Gasteiger partial charge in [0, 0.05) is 9.37 Å². The monoisotopic (exact) mass is 230 g/mol. The average Bonchev–Trinajstić information content (AvgIpc) is 1.98. The SMILES string of the molecule is CCCc1cc(S)ccc1Br. The number of benzene rings is 1. The molecule has 11 heavy (non-hydrogen) atoms. The van der Waals surface area contributed by atoms with Gasteiger partial charge < -0.3 is 0 Å². The predicted octanol–water partition coefficient (Wildman–Crippen LogP) is 3.69. The summed E-state index contributed by atoms with van der Waals surface area (Å²) in [7, 11) is 0. The van der Waals surface area contributed by atoms with Crippen LogP contribution < -0.4 is 0 Å². The van der Waals surface area contributed by atoms with E-state index in [9.17, 15) is 0 Å². The van der Waals surface area contributed by atoms with Crippen molar-refractivity contribution in [3.63, 3.8) is 0 Å². The summed E-state index contributed by atoms with van der Waals surface area (Å²) in [5, 5.41) is 0. The number of aryl methyl sites for hydroxylation is 1. The van der Waals surface area contributed by atoms with Crippen LogP contribution in [-0.2, 0) is 6.42 Å². The first kappa shape index (κ1) is 9.14. The normalized spacial score (nSPS) is 10.1. The predicted molar refractivity (Wildman–Crippen MR) is 55.4 cm³/mol. The summed E-state index contributed by atoms with van der Waals surface area (Å²) in [5.74, 6) is 0. The van der Waals surface area contributed by atoms with Crippen molar-refractivity contribution in [1.29, 1.82) is 0 Å². The summed E-state index contributed by atoms with van der Waals surface area (Å²) in [4.78, 5) is 1.04. The molecule has 0 atom stereocenters. The highest BCUT2D eigenvalue weighted by Gasteiger charge is 1.97. The number of thiol groups is 1. The van der Waals surface area contributed by atoms with Gasteiger partial charge in [-0.1, -0.05) is 29.3 Å². The zero-order valence-electron chi connectivity index (χ0n) is 6.47. The molecule has 1 rings (SSSR count). The first-order valence-corrected chi connectivity index (χ1v) is 4.95. The molecule has 1 aromatic carbocycles. The van der Waals surface area contributed by atoms with Gasteiger partial charge in [0.05, 0.1) is 0 Å². The van der Waals surface area contributed by atoms with Crippen LogP contribution in [0.3, 0.4) is 0 Å². The summed E-state index contributed by atoms with van der Waals surface area (Å²) in [6.07, 6.45) is 2.30. The summed E-state index contributed by atoms with van der Waals surface area (Å²) in [5.41, 5.74) is 1.35. The van der Waals surface area contributed by atoms with Crippen molar-refractivity contribution < 1.29 is 0 Å². The zero-order chi connectivity index (χ0) is 8.27. The van der Waals surface area contributed by atoms with Crippen molar-refractivity contribution in [2.75, 3.05) is 0 Å². The van der Waals surface area contributed by atoms with Crippen LogP contribution in [0.1, 0.15) is 18.9 Å². The van der Waals surface area contributed by atoms with E-state index in [1.165, 1.54) is 16.5 Å². The molecule has 0 aromatic heterocycles. The number of hydrogen-bond donors (Lipinski definition) is 1. The Hall–Kier alpha value is 0.0500. The fraction of sp³-hybridized carbons (Fsp3) is 0.333. The highest BCUT2D eigenvalue weighted by molar-refractivity contribution is 9.10. The van der Waals surface area contributed by atoms with E-state index in [1.807, 2.05) is 12.1 Å². The van der Waals surface area contributed by atoms with E-state index in [0.717, 1.165) is 11.3 Å². The Kier molecular flexibility index (Phi) is 3.46. The van der Waals surface area contributed by atoms with Gasteiger partial charge in [0.1, 0.15) is 0 Å². The molecule has 0 radical (unpaired) electrons. The molecule has 0 aliphatic carbocycles. The van der Waals surface area contributed by atoms with E-state index < -0.39 is 0 Å². The van der Waals surface area contributed by atoms with Crippen LogP contribution in [0.4, 0.5) is 0 Å². The molecule has 0 fully saturated rings. The molecular formula is C9H11BrS. The van der Waals surface area contributed by atoms with E-state index in [4.69, 9.17) is 0 Å². The van der Waals surface area contributed by atoms with Gasteiger partial charge in [-0.2, -0.15) is 0 Å². The minimum atomic E-state index is 1.04. The van der Waals surface area contributed by atoms with Gasteiger partial charge in [0.15, 0.2) is 0 Å². The van der Waals surface area contributed by atoms with Gasteiger partial charge in [-0.25, -0.2) is 0 Å². The first-order chi connectivity index (χ1) is 5.24. The molecule has 0 amide bonds. The van der Waals surface area contributed by atoms with Gasteiger partial charge in [-0.05, 0) is 30.2 Å². The molecule has 0 unspecified atom stereocenters. The van der Waals surface area contributed by atoms with Crippen molar-refractivity contribution in [3.05, 3.63) is 28.2 Å². The van der Waals surface area contributed by atoms with Crippen molar-refractivity contribution in [3.8, 4) is 0 Å². The lowest BCUT2D eigenvalue weighted by molar-refractivity contribution is 0.913. The third kappa shape index (κ3) is 2.53. The van der Waals surface area contributed by atoms with Gasteiger partial charge in [0.25, 0.3) is 0 Å². The minimum Gasteiger partial charge on any atom is -0.143 e. The van der Waals surface area contributed by atoms with Crippen LogP contribution in [0, 0.1) is 0 Å². The van der Waals surface area contributed by atoms with Crippen LogP contribution in [-0.4, -0.2) is 0 Å². The van der Waals surface area contributed by atoms with E-state index in [-0.39, 0.29) is 0 Å². The van der Waals surface area contributed by atoms with Gasteiger partial charge in [-0.15, -0.1) is 12.6 Å². The summed E-state index contributed by atoms with van der Waals surface area (Å²) >= 11 is 7.77. The maximum Gasteiger partial charge on any atom is 0.0208 e. The van der Waals surface area contributed by atoms with Crippen LogP contribution in [0.25, 0.3) is 0 Å². The lowest BCUT2D eigenvalue weighted by atomic mass is 10.1. The second-order valence-corrected chi connectivity index (χ2v) is 3.90.